The fourth-order valence-electron chi connectivity index (χ4n) is 5.04. The summed E-state index contributed by atoms with van der Waals surface area (Å²) in [6.07, 6.45) is 2.97. The lowest BCUT2D eigenvalue weighted by atomic mass is 10.1. The summed E-state index contributed by atoms with van der Waals surface area (Å²) in [7, 11) is 0. The van der Waals surface area contributed by atoms with Crippen molar-refractivity contribution in [2.75, 3.05) is 46.6 Å². The molecule has 0 unspecified atom stereocenters. The summed E-state index contributed by atoms with van der Waals surface area (Å²) < 4.78 is 35.4. The van der Waals surface area contributed by atoms with Crippen LogP contribution in [0.2, 0.25) is 0 Å². The predicted octanol–water partition coefficient (Wildman–Crippen LogP) is 4.88. The van der Waals surface area contributed by atoms with E-state index in [1.165, 1.54) is 43.2 Å². The van der Waals surface area contributed by atoms with Crippen LogP contribution in [0.1, 0.15) is 48.9 Å². The van der Waals surface area contributed by atoms with E-state index in [-0.39, 0.29) is 28.5 Å². The van der Waals surface area contributed by atoms with Crippen LogP contribution in [0.25, 0.3) is 0 Å². The summed E-state index contributed by atoms with van der Waals surface area (Å²) in [4.78, 5) is 31.3. The monoisotopic (exact) mass is 553 g/mol. The van der Waals surface area contributed by atoms with Gasteiger partial charge in [0.1, 0.15) is 5.75 Å². The standard InChI is InChI=1S/C27H29F2N7O4/c28-27(29)39-21-10-8-18(16-22(21)40-27)30-23(38)19-9-7-17(15-20(19)37)31-24-32-25(35-11-3-1-4-12-35)34-26(33-24)36-13-5-2-6-14-36/h7-10,15-16,37H,1-6,11-14H2,(H,30,38)(H,31,32,33,34). The molecule has 3 aliphatic heterocycles. The molecule has 2 saturated heterocycles. The Balaban J connectivity index is 1.19. The van der Waals surface area contributed by atoms with Crippen molar-refractivity contribution in [1.82, 2.24) is 15.0 Å². The van der Waals surface area contributed by atoms with Crippen molar-refractivity contribution in [1.29, 1.82) is 0 Å². The second-order valence-corrected chi connectivity index (χ2v) is 9.99. The zero-order chi connectivity index (χ0) is 27.7. The van der Waals surface area contributed by atoms with Gasteiger partial charge in [-0.05, 0) is 62.8 Å². The normalized spacial score (nSPS) is 17.9. The maximum absolute atomic E-state index is 13.3. The number of rotatable bonds is 6. The van der Waals surface area contributed by atoms with E-state index < -0.39 is 12.2 Å². The summed E-state index contributed by atoms with van der Waals surface area (Å²) in [5.41, 5.74) is 0.680. The average molecular weight is 554 g/mol. The Bertz CT molecular complexity index is 1380. The van der Waals surface area contributed by atoms with Crippen LogP contribution in [-0.4, -0.2) is 58.4 Å². The predicted molar refractivity (Wildman–Crippen MR) is 144 cm³/mol. The Morgan fingerprint density at radius 2 is 1.40 bits per heavy atom. The molecule has 40 heavy (non-hydrogen) atoms. The van der Waals surface area contributed by atoms with Gasteiger partial charge in [0.2, 0.25) is 17.8 Å². The number of nitrogens with zero attached hydrogens (tertiary/aromatic N) is 5. The van der Waals surface area contributed by atoms with E-state index >= 15 is 0 Å². The lowest BCUT2D eigenvalue weighted by Crippen LogP contribution is -2.34. The second-order valence-electron chi connectivity index (χ2n) is 9.99. The number of aromatic hydroxyl groups is 1. The zero-order valence-electron chi connectivity index (χ0n) is 21.7. The highest BCUT2D eigenvalue weighted by Gasteiger charge is 2.43. The number of ether oxygens (including phenoxy) is 2. The first-order chi connectivity index (χ1) is 19.3. The van der Waals surface area contributed by atoms with E-state index in [2.05, 4.69) is 39.9 Å². The first-order valence-electron chi connectivity index (χ1n) is 13.4. The van der Waals surface area contributed by atoms with E-state index in [1.807, 2.05) is 0 Å². The molecule has 6 rings (SSSR count). The Kier molecular flexibility index (Phi) is 6.86. The third kappa shape index (κ3) is 5.63. The maximum Gasteiger partial charge on any atom is 0.586 e. The number of phenols is 1. The van der Waals surface area contributed by atoms with Crippen LogP contribution in [0.15, 0.2) is 36.4 Å². The van der Waals surface area contributed by atoms with Crippen LogP contribution in [0.3, 0.4) is 0 Å². The van der Waals surface area contributed by atoms with Gasteiger partial charge in [-0.3, -0.25) is 4.79 Å². The van der Waals surface area contributed by atoms with Crippen molar-refractivity contribution in [2.45, 2.75) is 44.8 Å². The molecule has 0 aliphatic carbocycles. The van der Waals surface area contributed by atoms with E-state index in [0.29, 0.717) is 23.5 Å². The van der Waals surface area contributed by atoms with Gasteiger partial charge in [0, 0.05) is 49.7 Å². The number of aromatic nitrogens is 3. The van der Waals surface area contributed by atoms with Gasteiger partial charge in [-0.15, -0.1) is 8.78 Å². The third-order valence-corrected chi connectivity index (χ3v) is 7.05. The molecule has 0 spiro atoms. The molecule has 0 radical (unpaired) electrons. The lowest BCUT2D eigenvalue weighted by Gasteiger charge is -2.30. The van der Waals surface area contributed by atoms with Crippen LogP contribution < -0.4 is 29.9 Å². The smallest absolute Gasteiger partial charge is 0.507 e. The summed E-state index contributed by atoms with van der Waals surface area (Å²) in [5, 5.41) is 16.4. The largest absolute Gasteiger partial charge is 0.586 e. The molecule has 210 valence electrons. The number of fused-ring (bicyclic) bond motifs is 1. The average Bonchev–Trinajstić information content (AvgIpc) is 3.27. The first kappa shape index (κ1) is 25.8. The Morgan fingerprint density at radius 3 is 2.02 bits per heavy atom. The molecular weight excluding hydrogens is 524 g/mol. The molecule has 11 nitrogen and oxygen atoms in total. The molecule has 1 amide bonds. The summed E-state index contributed by atoms with van der Waals surface area (Å²) in [5.74, 6) is 0.359. The van der Waals surface area contributed by atoms with Crippen molar-refractivity contribution >= 4 is 35.1 Å². The highest BCUT2D eigenvalue weighted by Crippen LogP contribution is 2.42. The molecule has 1 aromatic heterocycles. The number of halogens is 2. The van der Waals surface area contributed by atoms with E-state index in [9.17, 15) is 18.7 Å². The number of phenolic OH excluding ortho intramolecular Hbond substituents is 1. The van der Waals surface area contributed by atoms with E-state index in [1.54, 1.807) is 6.07 Å². The number of hydrogen-bond donors (Lipinski definition) is 3. The molecule has 3 aromatic rings. The second kappa shape index (κ2) is 10.6. The highest BCUT2D eigenvalue weighted by atomic mass is 19.3. The third-order valence-electron chi connectivity index (χ3n) is 7.05. The van der Waals surface area contributed by atoms with Crippen molar-refractivity contribution in [3.05, 3.63) is 42.0 Å². The topological polar surface area (TPSA) is 125 Å². The Labute approximate surface area is 229 Å². The minimum absolute atomic E-state index is 0.00722. The van der Waals surface area contributed by atoms with Gasteiger partial charge in [0.05, 0.1) is 5.56 Å². The molecule has 3 N–H and O–H groups in total. The van der Waals surface area contributed by atoms with Crippen LogP contribution >= 0.6 is 0 Å². The minimum atomic E-state index is -3.76. The van der Waals surface area contributed by atoms with Crippen LogP contribution in [0.4, 0.5) is 38.0 Å². The molecule has 13 heteroatoms. The number of carbonyl (C=O) groups excluding carboxylic acids is 1. The zero-order valence-corrected chi connectivity index (χ0v) is 21.7. The molecule has 3 aliphatic rings. The van der Waals surface area contributed by atoms with E-state index in [4.69, 9.17) is 4.98 Å². The molecule has 0 bridgehead atoms. The summed E-state index contributed by atoms with van der Waals surface area (Å²) >= 11 is 0. The Hall–Kier alpha value is -4.42. The van der Waals surface area contributed by atoms with Crippen LogP contribution in [0, 0.1) is 0 Å². The van der Waals surface area contributed by atoms with Crippen molar-refractivity contribution in [3.8, 4) is 17.2 Å². The number of piperidine rings is 2. The van der Waals surface area contributed by atoms with Crippen LogP contribution in [-0.2, 0) is 0 Å². The number of carbonyl (C=O) groups is 1. The molecule has 4 heterocycles. The SMILES string of the molecule is O=C(Nc1ccc2c(c1)OC(F)(F)O2)c1ccc(Nc2nc(N3CCCCC3)nc(N3CCCCC3)n2)cc1O. The van der Waals surface area contributed by atoms with Crippen molar-refractivity contribution in [3.63, 3.8) is 0 Å². The summed E-state index contributed by atoms with van der Waals surface area (Å²) in [6.45, 7) is 3.55. The van der Waals surface area contributed by atoms with Gasteiger partial charge in [-0.1, -0.05) is 0 Å². The minimum Gasteiger partial charge on any atom is -0.507 e. The van der Waals surface area contributed by atoms with Crippen molar-refractivity contribution in [2.24, 2.45) is 0 Å². The molecule has 2 fully saturated rings. The van der Waals surface area contributed by atoms with Gasteiger partial charge in [-0.2, -0.15) is 15.0 Å². The lowest BCUT2D eigenvalue weighted by molar-refractivity contribution is -0.286. The number of alkyl halides is 2. The molecular formula is C27H29F2N7O4. The van der Waals surface area contributed by atoms with Gasteiger partial charge in [0.25, 0.3) is 5.91 Å². The Morgan fingerprint density at radius 1 is 0.800 bits per heavy atom. The number of nitrogens with one attached hydrogen (secondary N) is 2. The van der Waals surface area contributed by atoms with E-state index in [0.717, 1.165) is 51.9 Å². The fraction of sp³-hybridized carbons (Fsp3) is 0.407. The fourth-order valence-corrected chi connectivity index (χ4v) is 5.04. The van der Waals surface area contributed by atoms with Gasteiger partial charge in [0.15, 0.2) is 11.5 Å². The molecule has 0 saturated carbocycles. The number of anilines is 5. The molecule has 2 aromatic carbocycles. The number of benzene rings is 2. The maximum atomic E-state index is 13.3. The number of amides is 1. The molecule has 0 atom stereocenters. The summed E-state index contributed by atoms with van der Waals surface area (Å²) in [6, 6.07) is 8.37. The first-order valence-corrected chi connectivity index (χ1v) is 13.4. The van der Waals surface area contributed by atoms with Gasteiger partial charge in [-0.25, -0.2) is 0 Å². The van der Waals surface area contributed by atoms with Gasteiger partial charge < -0.3 is 35.0 Å². The quantitative estimate of drug-likeness (QED) is 0.389. The van der Waals surface area contributed by atoms with Crippen LogP contribution in [0.5, 0.6) is 17.2 Å². The number of hydrogen-bond acceptors (Lipinski definition) is 10. The van der Waals surface area contributed by atoms with Gasteiger partial charge >= 0.3 is 6.29 Å². The van der Waals surface area contributed by atoms with Crippen molar-refractivity contribution < 1.29 is 28.2 Å². The highest BCUT2D eigenvalue weighted by molar-refractivity contribution is 6.06.